The molecule has 0 radical (unpaired) electrons. The Hall–Kier alpha value is -5.23. The number of nitrogens with one attached hydrogen (secondary N) is 5. The van der Waals surface area contributed by atoms with Gasteiger partial charge >= 0.3 is 12.2 Å². The van der Waals surface area contributed by atoms with E-state index >= 15 is 0 Å². The fourth-order valence-corrected chi connectivity index (χ4v) is 16.4. The number of benzene rings is 2. The van der Waals surface area contributed by atoms with E-state index in [1.54, 1.807) is 50.6 Å². The second kappa shape index (κ2) is 33.9. The number of aromatic nitrogens is 8. The number of rotatable bonds is 26. The molecule has 2 aliphatic rings. The van der Waals surface area contributed by atoms with Crippen LogP contribution in [0.5, 0.6) is 0 Å². The van der Waals surface area contributed by atoms with E-state index in [0.717, 1.165) is 89.8 Å². The number of halogens is 1. The highest BCUT2D eigenvalue weighted by molar-refractivity contribution is 9.10. The molecule has 2 aliphatic carbocycles. The fourth-order valence-electron chi connectivity index (χ4n) is 9.47. The first-order valence-corrected chi connectivity index (χ1v) is 43.1. The number of hydrogen-bond acceptors (Lipinski definition) is 20. The molecule has 0 saturated heterocycles. The topological polar surface area (TPSA) is 313 Å². The Labute approximate surface area is 543 Å². The lowest BCUT2D eigenvalue weighted by Crippen LogP contribution is -2.38. The zero-order valence-electron chi connectivity index (χ0n) is 53.3. The van der Waals surface area contributed by atoms with Crippen molar-refractivity contribution in [2.24, 2.45) is 0 Å². The third-order valence-electron chi connectivity index (χ3n) is 14.0. The Morgan fingerprint density at radius 2 is 1.08 bits per heavy atom. The predicted molar refractivity (Wildman–Crippen MR) is 360 cm³/mol. The Balaban J connectivity index is 0.000000242. The zero-order valence-corrected chi connectivity index (χ0v) is 60.2. The van der Waals surface area contributed by atoms with Crippen molar-refractivity contribution in [3.05, 3.63) is 75.7 Å². The molecule has 2 saturated carbocycles. The highest BCUT2D eigenvalue weighted by atomic mass is 79.9. The molecule has 0 atom stereocenters. The molecule has 0 spiro atoms. The van der Waals surface area contributed by atoms with Crippen molar-refractivity contribution in [3.8, 4) is 20.9 Å². The van der Waals surface area contributed by atoms with E-state index in [0.29, 0.717) is 58.7 Å². The van der Waals surface area contributed by atoms with Gasteiger partial charge in [0.25, 0.3) is 0 Å². The van der Waals surface area contributed by atoms with Crippen molar-refractivity contribution in [2.75, 3.05) is 37.4 Å². The van der Waals surface area contributed by atoms with Gasteiger partial charge < -0.3 is 40.6 Å². The number of carbonyl (C=O) groups is 2. The van der Waals surface area contributed by atoms with Crippen LogP contribution in [0, 0.1) is 0 Å². The number of nitrogens with two attached hydrogens (primary N) is 1. The molecule has 7 N–H and O–H groups in total. The number of nitrogens with zero attached hydrogens (tertiary/aromatic N) is 8. The first kappa shape index (κ1) is 72.8. The van der Waals surface area contributed by atoms with E-state index in [9.17, 15) is 26.4 Å². The summed E-state index contributed by atoms with van der Waals surface area (Å²) in [6, 6.07) is 12.9. The number of ether oxygens (including phenoxy) is 4. The van der Waals surface area contributed by atoms with E-state index in [-0.39, 0.29) is 65.5 Å². The van der Waals surface area contributed by atoms with Crippen LogP contribution < -0.4 is 31.1 Å². The third kappa shape index (κ3) is 24.4. The molecule has 4 aromatic heterocycles. The van der Waals surface area contributed by atoms with Crippen LogP contribution in [0.15, 0.2) is 75.4 Å². The zero-order chi connectivity index (χ0) is 65.1. The fraction of sp³-hybridized carbons (Fsp3) is 0.586. The molecular formula is C58H91BrN14O10S4Si2. The van der Waals surface area contributed by atoms with E-state index in [1.165, 1.54) is 38.5 Å². The molecule has 31 heteroatoms. The lowest BCUT2D eigenvalue weighted by molar-refractivity contribution is 0.0686. The van der Waals surface area contributed by atoms with E-state index in [2.05, 4.69) is 106 Å². The Morgan fingerprint density at radius 1 is 0.640 bits per heavy atom. The van der Waals surface area contributed by atoms with E-state index in [1.807, 2.05) is 45.9 Å². The molecule has 0 unspecified atom stereocenters. The lowest BCUT2D eigenvalue weighted by atomic mass is 9.86. The highest BCUT2D eigenvalue weighted by Gasteiger charge is 2.30. The number of nitrogen functional groups attached to an aromatic ring is 1. The Kier molecular flexibility index (Phi) is 27.7. The first-order chi connectivity index (χ1) is 42.0. The summed E-state index contributed by atoms with van der Waals surface area (Å²) in [5.41, 5.74) is 7.22. The predicted octanol–water partition coefficient (Wildman–Crippen LogP) is 12.1. The van der Waals surface area contributed by atoms with Crippen molar-refractivity contribution in [1.82, 2.24) is 60.0 Å². The lowest BCUT2D eigenvalue weighted by Gasteiger charge is -2.28. The van der Waals surface area contributed by atoms with Gasteiger partial charge in [-0.2, -0.15) is 19.8 Å². The molecule has 24 nitrogen and oxygen atoms in total. The molecule has 8 rings (SSSR count). The maximum atomic E-state index is 13.3. The summed E-state index contributed by atoms with van der Waals surface area (Å²) in [4.78, 5) is 38.1. The number of amides is 2. The molecule has 6 aromatic rings. The second-order valence-corrected chi connectivity index (χ2v) is 42.6. The summed E-state index contributed by atoms with van der Waals surface area (Å²) in [6.45, 7) is 27.4. The van der Waals surface area contributed by atoms with Crippen molar-refractivity contribution in [3.63, 3.8) is 0 Å². The SMILES string of the molecule is CCNS(=O)(=O)c1cc(Br)ccc1-c1cnc(C2CCC(NC(=O)OC(C)C)CC2)s1.CCNS(=O)(=O)c1cc(Nc2cnn(COCC[Si](C)(C)C)n2)ccc1-c1cnc(C2CCC(NC(=O)OC(C)C)CC2)s1.C[Si](C)(C)CCOCn1ncc(N)n1. The monoisotopic (exact) mass is 1410 g/mol. The number of sulfonamides is 2. The molecule has 0 bridgehead atoms. The van der Waals surface area contributed by atoms with Crippen LogP contribution in [0.2, 0.25) is 51.4 Å². The molecule has 2 amide bonds. The van der Waals surface area contributed by atoms with Gasteiger partial charge in [-0.1, -0.05) is 81.2 Å². The number of thiazole rings is 2. The second-order valence-electron chi connectivity index (χ2n) is 24.8. The van der Waals surface area contributed by atoms with Crippen LogP contribution in [-0.2, 0) is 52.5 Å². The average Bonchev–Trinajstić information content (AvgIpc) is 1.83. The standard InChI is InChI=1S/C29H45N7O5S2Si.C21H28BrN3O4S2.C8H18N4OSi/c1-7-32-43(38,39)26-16-23(33-27-18-31-36(35-27)19-40-14-15-44(4,5)6)12-13-24(26)25-17-30-28(42-25)21-8-10-22(11-9-21)34-29(37)41-20(2)3;1-4-24-31(27,28)19-11-15(22)7-10-17(19)18-12-23-20(30-18)14-5-8-16(9-6-14)25-21(26)29-13(2)3;1-14(2,3)5-4-13-7-12-10-6-8(9)11-12/h12-13,16-18,20-22,32H,7-11,14-15,19H2,1-6H3,(H,33,35)(H,34,37);7,10-14,16,24H,4-6,8-9H2,1-3H3,(H,25,26);6H,4-5,7H2,1-3H3,(H2,9,11). The van der Waals surface area contributed by atoms with Gasteiger partial charge in [0.05, 0.1) is 54.2 Å². The minimum atomic E-state index is -3.79. The summed E-state index contributed by atoms with van der Waals surface area (Å²) in [5.74, 6) is 1.48. The largest absolute Gasteiger partial charge is 0.447 e. The van der Waals surface area contributed by atoms with Crippen LogP contribution in [-0.4, -0.2) is 136 Å². The summed E-state index contributed by atoms with van der Waals surface area (Å²) < 4.78 is 79.4. The maximum Gasteiger partial charge on any atom is 0.407 e. The highest BCUT2D eigenvalue weighted by Crippen LogP contribution is 2.42. The maximum absolute atomic E-state index is 13.3. The van der Waals surface area contributed by atoms with E-state index in [4.69, 9.17) is 29.7 Å². The normalized spacial score (nSPS) is 17.3. The smallest absolute Gasteiger partial charge is 0.407 e. The third-order valence-corrected chi connectivity index (χ3v) is 23.5. The van der Waals surface area contributed by atoms with Gasteiger partial charge in [0.1, 0.15) is 0 Å². The van der Waals surface area contributed by atoms with Crippen LogP contribution in [0.3, 0.4) is 0 Å². The average molecular weight is 1410 g/mol. The molecule has 492 valence electrons. The molecule has 4 heterocycles. The van der Waals surface area contributed by atoms with Crippen molar-refractivity contribution in [1.29, 1.82) is 0 Å². The first-order valence-electron chi connectivity index (χ1n) is 30.3. The summed E-state index contributed by atoms with van der Waals surface area (Å²) >= 11 is 6.43. The molecule has 2 fully saturated rings. The van der Waals surface area contributed by atoms with Gasteiger partial charge in [0.15, 0.2) is 25.1 Å². The minimum Gasteiger partial charge on any atom is -0.447 e. The van der Waals surface area contributed by atoms with Crippen molar-refractivity contribution >= 4 is 104 Å². The minimum absolute atomic E-state index is 0.0814. The summed E-state index contributed by atoms with van der Waals surface area (Å²) in [5, 5.41) is 27.5. The Bertz CT molecular complexity index is 3430. The van der Waals surface area contributed by atoms with Crippen LogP contribution in [0.25, 0.3) is 20.9 Å². The van der Waals surface area contributed by atoms with Crippen molar-refractivity contribution < 1.29 is 45.4 Å². The van der Waals surface area contributed by atoms with Gasteiger partial charge in [0.2, 0.25) is 20.0 Å². The van der Waals surface area contributed by atoms with Crippen LogP contribution in [0.1, 0.15) is 115 Å². The number of anilines is 3. The van der Waals surface area contributed by atoms with Gasteiger partial charge in [-0.05, 0) is 115 Å². The van der Waals surface area contributed by atoms with Gasteiger partial charge in [-0.3, -0.25) is 0 Å². The quantitative estimate of drug-likeness (QED) is 0.0217. The van der Waals surface area contributed by atoms with Gasteiger partial charge in [-0.25, -0.2) is 45.8 Å². The van der Waals surface area contributed by atoms with Crippen molar-refractivity contribution in [2.45, 2.75) is 204 Å². The molecular weight excluding hydrogens is 1320 g/mol. The molecule has 89 heavy (non-hydrogen) atoms. The number of hydrogen-bond donors (Lipinski definition) is 6. The Morgan fingerprint density at radius 3 is 1.51 bits per heavy atom. The van der Waals surface area contributed by atoms with Gasteiger partial charge in [-0.15, -0.1) is 32.9 Å². The van der Waals surface area contributed by atoms with Crippen LogP contribution in [0.4, 0.5) is 26.9 Å². The van der Waals surface area contributed by atoms with Crippen LogP contribution >= 0.6 is 38.6 Å². The van der Waals surface area contributed by atoms with Gasteiger partial charge in [0, 0.05) is 100 Å². The number of alkyl carbamates (subject to hydrolysis) is 2. The summed E-state index contributed by atoms with van der Waals surface area (Å²) in [6.07, 6.45) is 12.6. The molecule has 2 aromatic carbocycles. The molecule has 0 aliphatic heterocycles. The number of carbonyl (C=O) groups excluding carboxylic acids is 2. The van der Waals surface area contributed by atoms with E-state index < -0.39 is 36.2 Å². The summed E-state index contributed by atoms with van der Waals surface area (Å²) in [7, 11) is -9.57.